The van der Waals surface area contributed by atoms with E-state index in [1.807, 2.05) is 18.2 Å². The summed E-state index contributed by atoms with van der Waals surface area (Å²) in [6.07, 6.45) is 0.919. The van der Waals surface area contributed by atoms with E-state index < -0.39 is 0 Å². The van der Waals surface area contributed by atoms with Crippen LogP contribution in [-0.2, 0) is 27.4 Å². The van der Waals surface area contributed by atoms with E-state index >= 15 is 0 Å². The highest BCUT2D eigenvalue weighted by Crippen LogP contribution is 2.19. The first-order valence-electron chi connectivity index (χ1n) is 6.39. The summed E-state index contributed by atoms with van der Waals surface area (Å²) in [5.74, 6) is 0. The molecule has 4 nitrogen and oxygen atoms in total. The zero-order valence-corrected chi connectivity index (χ0v) is 12.9. The van der Waals surface area contributed by atoms with Crippen LogP contribution in [0.25, 0.3) is 0 Å². The van der Waals surface area contributed by atoms with Gasteiger partial charge in [0.25, 0.3) is 0 Å². The molecule has 0 aliphatic rings. The Bertz CT molecular complexity index is 361. The number of rotatable bonds is 10. The molecule has 108 valence electrons. The van der Waals surface area contributed by atoms with Crippen LogP contribution in [0.4, 0.5) is 0 Å². The smallest absolute Gasteiger partial charge is 0.0728 e. The van der Waals surface area contributed by atoms with Crippen LogP contribution in [0.1, 0.15) is 17.5 Å². The molecule has 1 aromatic carbocycles. The average Bonchev–Trinajstić information content (AvgIpc) is 2.43. The Morgan fingerprint density at radius 2 is 1.89 bits per heavy atom. The van der Waals surface area contributed by atoms with E-state index in [1.165, 1.54) is 0 Å². The van der Waals surface area contributed by atoms with E-state index in [-0.39, 0.29) is 0 Å². The molecule has 0 saturated carbocycles. The molecule has 0 amide bonds. The number of ether oxygens (including phenoxy) is 3. The molecule has 5 heteroatoms. The fraction of sp³-hybridized carbons (Fsp3) is 0.571. The number of hydrogen-bond acceptors (Lipinski definition) is 4. The Hall–Kier alpha value is -0.460. The summed E-state index contributed by atoms with van der Waals surface area (Å²) < 4.78 is 16.9. The van der Waals surface area contributed by atoms with Crippen LogP contribution in [0.5, 0.6) is 0 Å². The molecule has 1 aromatic rings. The minimum Gasteiger partial charge on any atom is -0.385 e. The van der Waals surface area contributed by atoms with Crippen molar-refractivity contribution in [3.8, 4) is 0 Å². The van der Waals surface area contributed by atoms with Crippen molar-refractivity contribution in [1.29, 1.82) is 0 Å². The maximum absolute atomic E-state index is 5.58. The lowest BCUT2D eigenvalue weighted by molar-refractivity contribution is 0.0335. The van der Waals surface area contributed by atoms with Crippen LogP contribution >= 0.6 is 15.9 Å². The summed E-state index contributed by atoms with van der Waals surface area (Å²) in [4.78, 5) is 0. The lowest BCUT2D eigenvalue weighted by Gasteiger charge is -2.08. The first-order chi connectivity index (χ1) is 9.27. The van der Waals surface area contributed by atoms with Crippen molar-refractivity contribution in [2.45, 2.75) is 19.6 Å². The molecule has 2 N–H and O–H groups in total. The molecular weight excluding hydrogens is 310 g/mol. The lowest BCUT2D eigenvalue weighted by atomic mass is 10.1. The molecule has 0 aliphatic carbocycles. The highest BCUT2D eigenvalue weighted by molar-refractivity contribution is 9.10. The Labute approximate surface area is 123 Å². The molecule has 0 atom stereocenters. The quantitative estimate of drug-likeness (QED) is 0.669. The van der Waals surface area contributed by atoms with Crippen molar-refractivity contribution >= 4 is 15.9 Å². The normalized spacial score (nSPS) is 10.9. The van der Waals surface area contributed by atoms with Crippen LogP contribution in [0.15, 0.2) is 22.7 Å². The van der Waals surface area contributed by atoms with Crippen LogP contribution < -0.4 is 5.73 Å². The van der Waals surface area contributed by atoms with Gasteiger partial charge in [0.05, 0.1) is 19.8 Å². The van der Waals surface area contributed by atoms with Crippen molar-refractivity contribution in [2.24, 2.45) is 5.73 Å². The molecule has 19 heavy (non-hydrogen) atoms. The van der Waals surface area contributed by atoms with E-state index in [0.717, 1.165) is 28.6 Å². The summed E-state index contributed by atoms with van der Waals surface area (Å²) in [7, 11) is 1.69. The first kappa shape index (κ1) is 16.6. The van der Waals surface area contributed by atoms with Gasteiger partial charge in [-0.1, -0.05) is 28.1 Å². The summed E-state index contributed by atoms with van der Waals surface area (Å²) in [5, 5.41) is 0. The first-order valence-corrected chi connectivity index (χ1v) is 7.19. The third-order valence-corrected chi connectivity index (χ3v) is 3.36. The Balaban J connectivity index is 2.12. The molecule has 0 aliphatic heterocycles. The predicted octanol–water partition coefficient (Wildman–Crippen LogP) is 2.48. The van der Waals surface area contributed by atoms with Gasteiger partial charge in [-0.3, -0.25) is 0 Å². The van der Waals surface area contributed by atoms with Crippen molar-refractivity contribution < 1.29 is 14.2 Å². The largest absolute Gasteiger partial charge is 0.385 e. The van der Waals surface area contributed by atoms with E-state index in [1.54, 1.807) is 7.11 Å². The van der Waals surface area contributed by atoms with Crippen molar-refractivity contribution in [3.63, 3.8) is 0 Å². The molecular formula is C14H22BrNO3. The van der Waals surface area contributed by atoms with Crippen LogP contribution in [0, 0.1) is 0 Å². The van der Waals surface area contributed by atoms with Gasteiger partial charge in [-0.25, -0.2) is 0 Å². The number of hydrogen-bond donors (Lipinski definition) is 1. The van der Waals surface area contributed by atoms with Gasteiger partial charge < -0.3 is 19.9 Å². The van der Waals surface area contributed by atoms with Crippen LogP contribution in [0.2, 0.25) is 0 Å². The Kier molecular flexibility index (Phi) is 9.03. The van der Waals surface area contributed by atoms with Gasteiger partial charge in [0.1, 0.15) is 0 Å². The molecule has 0 saturated heterocycles. The molecule has 0 unspecified atom stereocenters. The minimum absolute atomic E-state index is 0.551. The fourth-order valence-electron chi connectivity index (χ4n) is 1.54. The summed E-state index contributed by atoms with van der Waals surface area (Å²) >= 11 is 3.52. The lowest BCUT2D eigenvalue weighted by Crippen LogP contribution is -2.07. The maximum atomic E-state index is 5.58. The van der Waals surface area contributed by atoms with Gasteiger partial charge in [0.2, 0.25) is 0 Å². The molecule has 0 aromatic heterocycles. The van der Waals surface area contributed by atoms with Gasteiger partial charge in [0.15, 0.2) is 0 Å². The third-order valence-electron chi connectivity index (χ3n) is 2.62. The van der Waals surface area contributed by atoms with Crippen molar-refractivity contribution in [3.05, 3.63) is 33.8 Å². The van der Waals surface area contributed by atoms with E-state index in [2.05, 4.69) is 15.9 Å². The highest BCUT2D eigenvalue weighted by Gasteiger charge is 2.01. The topological polar surface area (TPSA) is 53.7 Å². The molecule has 0 heterocycles. The van der Waals surface area contributed by atoms with E-state index in [9.17, 15) is 0 Å². The molecule has 1 rings (SSSR count). The molecule has 0 radical (unpaired) electrons. The van der Waals surface area contributed by atoms with Crippen LogP contribution in [-0.4, -0.2) is 33.5 Å². The second-order valence-corrected chi connectivity index (χ2v) is 5.00. The number of halogens is 1. The minimum atomic E-state index is 0.551. The van der Waals surface area contributed by atoms with Crippen molar-refractivity contribution in [1.82, 2.24) is 0 Å². The second kappa shape index (κ2) is 10.3. The Morgan fingerprint density at radius 3 is 2.58 bits per heavy atom. The zero-order valence-electron chi connectivity index (χ0n) is 11.4. The summed E-state index contributed by atoms with van der Waals surface area (Å²) in [6.45, 7) is 3.79. The second-order valence-electron chi connectivity index (χ2n) is 4.14. The predicted molar refractivity (Wildman–Crippen MR) is 79.0 cm³/mol. The van der Waals surface area contributed by atoms with Gasteiger partial charge >= 0.3 is 0 Å². The average molecular weight is 332 g/mol. The molecule has 0 bridgehead atoms. The number of methoxy groups -OCH3 is 1. The van der Waals surface area contributed by atoms with Gasteiger partial charge in [0, 0.05) is 31.3 Å². The van der Waals surface area contributed by atoms with Gasteiger partial charge in [-0.15, -0.1) is 0 Å². The van der Waals surface area contributed by atoms with E-state index in [0.29, 0.717) is 33.0 Å². The fourth-order valence-corrected chi connectivity index (χ4v) is 2.08. The van der Waals surface area contributed by atoms with Gasteiger partial charge in [-0.05, 0) is 23.6 Å². The number of nitrogens with two attached hydrogens (primary N) is 1. The van der Waals surface area contributed by atoms with Crippen molar-refractivity contribution in [2.75, 3.05) is 33.5 Å². The third kappa shape index (κ3) is 7.03. The zero-order chi connectivity index (χ0) is 13.9. The Morgan fingerprint density at radius 1 is 1.11 bits per heavy atom. The number of benzene rings is 1. The summed E-state index contributed by atoms with van der Waals surface area (Å²) in [6, 6.07) is 6.08. The molecule has 0 fully saturated rings. The van der Waals surface area contributed by atoms with E-state index in [4.69, 9.17) is 19.9 Å². The highest BCUT2D eigenvalue weighted by atomic mass is 79.9. The van der Waals surface area contributed by atoms with Crippen LogP contribution in [0.3, 0.4) is 0 Å². The summed E-state index contributed by atoms with van der Waals surface area (Å²) in [5.41, 5.74) is 7.81. The standard InChI is InChI=1S/C14H22BrNO3/c1-17-5-2-6-18-7-8-19-11-13-4-3-12(10-16)9-14(13)15/h3-4,9H,2,5-8,10-11,16H2,1H3. The van der Waals surface area contributed by atoms with Gasteiger partial charge in [-0.2, -0.15) is 0 Å². The molecule has 0 spiro atoms. The monoisotopic (exact) mass is 331 g/mol. The maximum Gasteiger partial charge on any atom is 0.0728 e. The SMILES string of the molecule is COCCCOCCOCc1ccc(CN)cc1Br.